The average molecular weight is 419 g/mol. The maximum atomic E-state index is 13.3. The van der Waals surface area contributed by atoms with E-state index in [1.807, 2.05) is 68.8 Å². The van der Waals surface area contributed by atoms with Crippen LogP contribution in [0, 0.1) is 13.8 Å². The minimum absolute atomic E-state index is 0.163. The third kappa shape index (κ3) is 3.76. The van der Waals surface area contributed by atoms with E-state index in [2.05, 4.69) is 20.5 Å². The van der Waals surface area contributed by atoms with Crippen LogP contribution in [0.3, 0.4) is 0 Å². The van der Waals surface area contributed by atoms with Crippen molar-refractivity contribution in [2.75, 3.05) is 7.11 Å². The molecule has 1 aromatic carbocycles. The lowest BCUT2D eigenvalue weighted by Crippen LogP contribution is -2.28. The second-order valence-corrected chi connectivity index (χ2v) is 7.47. The highest BCUT2D eigenvalue weighted by Crippen LogP contribution is 2.26. The molecule has 0 saturated heterocycles. The van der Waals surface area contributed by atoms with Crippen LogP contribution in [0.4, 0.5) is 0 Å². The van der Waals surface area contributed by atoms with Gasteiger partial charge in [-0.1, -0.05) is 0 Å². The normalized spacial score (nSPS) is 12.2. The van der Waals surface area contributed by atoms with Crippen LogP contribution in [-0.4, -0.2) is 37.6 Å². The lowest BCUT2D eigenvalue weighted by Gasteiger charge is -2.16. The first kappa shape index (κ1) is 20.6. The third-order valence-corrected chi connectivity index (χ3v) is 5.34. The standard InChI is InChI=1S/C23H26N6O2/c1-6-28-20(11-12-24-28)15(3)26-23(30)19-13-14(2)25-22-21(19)16(4)27-29(22)17-7-9-18(31-5)10-8-17/h7-13,15H,6H2,1-5H3,(H,26,30). The SMILES string of the molecule is CCn1nccc1C(C)NC(=O)c1cc(C)nc2c1c(C)nn2-c1ccc(OC)cc1. The smallest absolute Gasteiger partial charge is 0.252 e. The fraction of sp³-hybridized carbons (Fsp3) is 0.304. The maximum absolute atomic E-state index is 13.3. The second-order valence-electron chi connectivity index (χ2n) is 7.47. The molecule has 160 valence electrons. The number of hydrogen-bond donors (Lipinski definition) is 1. The number of carbonyl (C=O) groups excluding carboxylic acids is 1. The van der Waals surface area contributed by atoms with E-state index in [0.717, 1.165) is 40.4 Å². The number of aryl methyl sites for hydroxylation is 3. The number of carbonyl (C=O) groups is 1. The largest absolute Gasteiger partial charge is 0.497 e. The Morgan fingerprint density at radius 1 is 1.19 bits per heavy atom. The first-order chi connectivity index (χ1) is 14.9. The van der Waals surface area contributed by atoms with Gasteiger partial charge in [0, 0.05) is 18.4 Å². The number of nitrogens with zero attached hydrogens (tertiary/aromatic N) is 5. The zero-order valence-electron chi connectivity index (χ0n) is 18.4. The summed E-state index contributed by atoms with van der Waals surface area (Å²) < 4.78 is 8.89. The number of fused-ring (bicyclic) bond motifs is 1. The second kappa shape index (κ2) is 8.22. The van der Waals surface area contributed by atoms with Crippen LogP contribution in [0.1, 0.15) is 47.3 Å². The molecule has 1 unspecified atom stereocenters. The molecule has 0 fully saturated rings. The Morgan fingerprint density at radius 3 is 2.61 bits per heavy atom. The van der Waals surface area contributed by atoms with E-state index in [1.165, 1.54) is 0 Å². The third-order valence-electron chi connectivity index (χ3n) is 5.34. The quantitative estimate of drug-likeness (QED) is 0.515. The molecule has 0 bridgehead atoms. The molecule has 1 N–H and O–H groups in total. The summed E-state index contributed by atoms with van der Waals surface area (Å²) in [6.45, 7) is 8.50. The summed E-state index contributed by atoms with van der Waals surface area (Å²) >= 11 is 0. The minimum atomic E-state index is -0.185. The number of hydrogen-bond acceptors (Lipinski definition) is 5. The van der Waals surface area contributed by atoms with Gasteiger partial charge in [-0.25, -0.2) is 9.67 Å². The fourth-order valence-electron chi connectivity index (χ4n) is 3.82. The number of aromatic nitrogens is 5. The summed E-state index contributed by atoms with van der Waals surface area (Å²) in [4.78, 5) is 18.0. The summed E-state index contributed by atoms with van der Waals surface area (Å²) in [5.41, 5.74) is 4.52. The number of amides is 1. The van der Waals surface area contributed by atoms with Crippen LogP contribution < -0.4 is 10.1 Å². The Labute approximate surface area is 180 Å². The molecule has 0 aliphatic rings. The van der Waals surface area contributed by atoms with Gasteiger partial charge in [0.15, 0.2) is 5.65 Å². The predicted octanol–water partition coefficient (Wildman–Crippen LogP) is 3.75. The summed E-state index contributed by atoms with van der Waals surface area (Å²) in [5, 5.41) is 12.8. The van der Waals surface area contributed by atoms with Gasteiger partial charge in [-0.15, -0.1) is 0 Å². The van der Waals surface area contributed by atoms with E-state index in [9.17, 15) is 4.79 Å². The highest BCUT2D eigenvalue weighted by atomic mass is 16.5. The number of rotatable bonds is 6. The maximum Gasteiger partial charge on any atom is 0.252 e. The number of nitrogens with one attached hydrogen (secondary N) is 1. The molecule has 3 heterocycles. The van der Waals surface area contributed by atoms with Crippen molar-refractivity contribution in [1.29, 1.82) is 0 Å². The molecule has 0 spiro atoms. The first-order valence-electron chi connectivity index (χ1n) is 10.3. The van der Waals surface area contributed by atoms with Crippen molar-refractivity contribution in [3.8, 4) is 11.4 Å². The molecule has 8 nitrogen and oxygen atoms in total. The van der Waals surface area contributed by atoms with E-state index in [4.69, 9.17) is 4.74 Å². The van der Waals surface area contributed by atoms with Gasteiger partial charge < -0.3 is 10.1 Å². The molecule has 1 amide bonds. The van der Waals surface area contributed by atoms with E-state index in [0.29, 0.717) is 11.2 Å². The molecule has 0 saturated carbocycles. The molecule has 0 radical (unpaired) electrons. The van der Waals surface area contributed by atoms with E-state index in [1.54, 1.807) is 18.0 Å². The Bertz CT molecular complexity index is 1240. The van der Waals surface area contributed by atoms with Gasteiger partial charge >= 0.3 is 0 Å². The molecule has 4 rings (SSSR count). The lowest BCUT2D eigenvalue weighted by molar-refractivity contribution is 0.0939. The predicted molar refractivity (Wildman–Crippen MR) is 119 cm³/mol. The fourth-order valence-corrected chi connectivity index (χ4v) is 3.82. The number of benzene rings is 1. The molecular weight excluding hydrogens is 392 g/mol. The van der Waals surface area contributed by atoms with Gasteiger partial charge in [0.05, 0.1) is 41.2 Å². The molecule has 4 aromatic rings. The zero-order valence-corrected chi connectivity index (χ0v) is 18.4. The van der Waals surface area contributed by atoms with E-state index in [-0.39, 0.29) is 11.9 Å². The Morgan fingerprint density at radius 2 is 1.94 bits per heavy atom. The van der Waals surface area contributed by atoms with Crippen molar-refractivity contribution in [2.24, 2.45) is 0 Å². The van der Waals surface area contributed by atoms with Crippen LogP contribution in [0.15, 0.2) is 42.6 Å². The number of ether oxygens (including phenoxy) is 1. The number of methoxy groups -OCH3 is 1. The monoisotopic (exact) mass is 418 g/mol. The van der Waals surface area contributed by atoms with E-state index < -0.39 is 0 Å². The molecule has 8 heteroatoms. The van der Waals surface area contributed by atoms with Gasteiger partial charge in [0.1, 0.15) is 5.75 Å². The van der Waals surface area contributed by atoms with Crippen LogP contribution in [0.25, 0.3) is 16.7 Å². The highest BCUT2D eigenvalue weighted by Gasteiger charge is 2.22. The summed E-state index contributed by atoms with van der Waals surface area (Å²) in [6.07, 6.45) is 1.75. The molecule has 0 aliphatic carbocycles. The van der Waals surface area contributed by atoms with Crippen LogP contribution in [-0.2, 0) is 6.54 Å². The van der Waals surface area contributed by atoms with Gasteiger partial charge in [-0.05, 0) is 64.1 Å². The van der Waals surface area contributed by atoms with Gasteiger partial charge in [0.2, 0.25) is 0 Å². The Hall–Kier alpha value is -3.68. The van der Waals surface area contributed by atoms with Crippen LogP contribution >= 0.6 is 0 Å². The minimum Gasteiger partial charge on any atom is -0.497 e. The molecule has 1 atom stereocenters. The first-order valence-corrected chi connectivity index (χ1v) is 10.3. The van der Waals surface area contributed by atoms with Crippen molar-refractivity contribution in [3.63, 3.8) is 0 Å². The van der Waals surface area contributed by atoms with Gasteiger partial charge in [-0.3, -0.25) is 9.48 Å². The lowest BCUT2D eigenvalue weighted by atomic mass is 10.1. The summed E-state index contributed by atoms with van der Waals surface area (Å²) in [5.74, 6) is 0.602. The van der Waals surface area contributed by atoms with E-state index >= 15 is 0 Å². The zero-order chi connectivity index (χ0) is 22.1. The van der Waals surface area contributed by atoms with Crippen LogP contribution in [0.5, 0.6) is 5.75 Å². The topological polar surface area (TPSA) is 86.9 Å². The van der Waals surface area contributed by atoms with Crippen molar-refractivity contribution in [3.05, 3.63) is 65.2 Å². The van der Waals surface area contributed by atoms with Crippen molar-refractivity contribution < 1.29 is 9.53 Å². The van der Waals surface area contributed by atoms with Crippen molar-refractivity contribution >= 4 is 16.9 Å². The van der Waals surface area contributed by atoms with Gasteiger partial charge in [-0.2, -0.15) is 10.2 Å². The number of pyridine rings is 1. The molecule has 3 aromatic heterocycles. The van der Waals surface area contributed by atoms with Crippen LogP contribution in [0.2, 0.25) is 0 Å². The van der Waals surface area contributed by atoms with Crippen molar-refractivity contribution in [2.45, 2.75) is 40.3 Å². The molecule has 0 aliphatic heterocycles. The van der Waals surface area contributed by atoms with Gasteiger partial charge in [0.25, 0.3) is 5.91 Å². The molecule has 31 heavy (non-hydrogen) atoms. The Kier molecular flexibility index (Phi) is 5.46. The summed E-state index contributed by atoms with van der Waals surface area (Å²) in [7, 11) is 1.63. The average Bonchev–Trinajstić information content (AvgIpc) is 3.37. The molecular formula is C23H26N6O2. The summed E-state index contributed by atoms with van der Waals surface area (Å²) in [6, 6.07) is 11.1. The highest BCUT2D eigenvalue weighted by molar-refractivity contribution is 6.06. The van der Waals surface area contributed by atoms with Crippen molar-refractivity contribution in [1.82, 2.24) is 29.9 Å². The Balaban J connectivity index is 1.74.